The summed E-state index contributed by atoms with van der Waals surface area (Å²) in [5.41, 5.74) is 0. The second-order valence-electron chi connectivity index (χ2n) is 2.45. The van der Waals surface area contributed by atoms with Gasteiger partial charge in [0.1, 0.15) is 0 Å². The Morgan fingerprint density at radius 2 is 2.38 bits per heavy atom. The van der Waals surface area contributed by atoms with Crippen molar-refractivity contribution in [1.29, 1.82) is 0 Å². The van der Waals surface area contributed by atoms with Gasteiger partial charge in [0, 0.05) is 13.0 Å². The smallest absolute Gasteiger partial charge is 0.160 e. The largest absolute Gasteiger partial charge is 0.396 e. The quantitative estimate of drug-likeness (QED) is 0.451. The van der Waals surface area contributed by atoms with E-state index in [0.717, 1.165) is 11.2 Å². The highest BCUT2D eigenvalue weighted by Crippen LogP contribution is 2.12. The molecule has 3 heteroatoms. The highest BCUT2D eigenvalue weighted by Gasteiger charge is 1.93. The third-order valence-electron chi connectivity index (χ3n) is 1.41. The lowest BCUT2D eigenvalue weighted by Gasteiger charge is -1.82. The minimum atomic E-state index is 0.179. The van der Waals surface area contributed by atoms with Gasteiger partial charge in [-0.25, -0.2) is 0 Å². The van der Waals surface area contributed by atoms with Crippen LogP contribution in [0.1, 0.15) is 27.4 Å². The Balaban J connectivity index is 2.51. The van der Waals surface area contributed by atoms with E-state index in [2.05, 4.69) is 11.8 Å². The zero-order valence-electron chi connectivity index (χ0n) is 7.12. The number of aliphatic hydroxyl groups excluding tert-OH is 1. The average molecular weight is 194 g/mol. The summed E-state index contributed by atoms with van der Waals surface area (Å²) in [6.45, 7) is 0.179. The number of unbranched alkanes of at least 4 members (excludes halogenated alkanes) is 1. The van der Waals surface area contributed by atoms with Gasteiger partial charge in [0.15, 0.2) is 6.29 Å². The van der Waals surface area contributed by atoms with Crippen LogP contribution < -0.4 is 0 Å². The molecule has 2 nitrogen and oxygen atoms in total. The third kappa shape index (κ3) is 3.41. The Kier molecular flexibility index (Phi) is 4.24. The second kappa shape index (κ2) is 5.52. The molecule has 1 aromatic heterocycles. The predicted octanol–water partition coefficient (Wildman–Crippen LogP) is 1.68. The SMILES string of the molecule is O=Cc1ccc(C#CCCCO)s1. The van der Waals surface area contributed by atoms with Crippen molar-refractivity contribution >= 4 is 17.6 Å². The molecule has 13 heavy (non-hydrogen) atoms. The lowest BCUT2D eigenvalue weighted by atomic mass is 10.3. The predicted molar refractivity (Wildman–Crippen MR) is 52.9 cm³/mol. The van der Waals surface area contributed by atoms with Crippen molar-refractivity contribution < 1.29 is 9.90 Å². The summed E-state index contributed by atoms with van der Waals surface area (Å²) in [6, 6.07) is 3.59. The molecule has 68 valence electrons. The molecule has 0 bridgehead atoms. The summed E-state index contributed by atoms with van der Waals surface area (Å²) < 4.78 is 0. The van der Waals surface area contributed by atoms with Crippen molar-refractivity contribution in [3.05, 3.63) is 21.9 Å². The van der Waals surface area contributed by atoms with Gasteiger partial charge in [0.25, 0.3) is 0 Å². The first-order chi connectivity index (χ1) is 6.36. The molecule has 0 atom stereocenters. The Labute approximate surface area is 81.2 Å². The summed E-state index contributed by atoms with van der Waals surface area (Å²) >= 11 is 1.39. The van der Waals surface area contributed by atoms with Crippen LogP contribution in [0.4, 0.5) is 0 Å². The van der Waals surface area contributed by atoms with Gasteiger partial charge in [-0.05, 0) is 18.6 Å². The lowest BCUT2D eigenvalue weighted by molar-refractivity contribution is 0.112. The molecule has 0 aliphatic heterocycles. The first-order valence-corrected chi connectivity index (χ1v) is 4.83. The van der Waals surface area contributed by atoms with Gasteiger partial charge in [-0.15, -0.1) is 11.3 Å². The molecule has 0 fully saturated rings. The molecule has 0 unspecified atom stereocenters. The van der Waals surface area contributed by atoms with E-state index in [1.54, 1.807) is 6.07 Å². The molecule has 1 N–H and O–H groups in total. The number of aliphatic hydroxyl groups is 1. The summed E-state index contributed by atoms with van der Waals surface area (Å²) in [6.07, 6.45) is 2.23. The van der Waals surface area contributed by atoms with Gasteiger partial charge in [-0.1, -0.05) is 11.8 Å². The van der Waals surface area contributed by atoms with E-state index in [-0.39, 0.29) is 6.61 Å². The van der Waals surface area contributed by atoms with E-state index < -0.39 is 0 Å². The van der Waals surface area contributed by atoms with Crippen LogP contribution in [0.15, 0.2) is 12.1 Å². The molecule has 0 aromatic carbocycles. The molecular weight excluding hydrogens is 184 g/mol. The highest BCUT2D eigenvalue weighted by molar-refractivity contribution is 7.14. The van der Waals surface area contributed by atoms with Crippen LogP contribution in [0, 0.1) is 11.8 Å². The average Bonchev–Trinajstić information content (AvgIpc) is 2.60. The molecule has 0 aliphatic carbocycles. The van der Waals surface area contributed by atoms with Crippen LogP contribution in [-0.4, -0.2) is 18.0 Å². The third-order valence-corrected chi connectivity index (χ3v) is 2.34. The minimum Gasteiger partial charge on any atom is -0.396 e. The molecule has 1 aromatic rings. The summed E-state index contributed by atoms with van der Waals surface area (Å²) in [4.78, 5) is 11.9. The van der Waals surface area contributed by atoms with Gasteiger partial charge >= 0.3 is 0 Å². The fraction of sp³-hybridized carbons (Fsp3) is 0.300. The Hall–Kier alpha value is -1.11. The monoisotopic (exact) mass is 194 g/mol. The fourth-order valence-corrected chi connectivity index (χ4v) is 1.50. The minimum absolute atomic E-state index is 0.179. The summed E-state index contributed by atoms with van der Waals surface area (Å²) in [7, 11) is 0. The van der Waals surface area contributed by atoms with E-state index in [1.807, 2.05) is 6.07 Å². The molecule has 0 spiro atoms. The number of carbonyl (C=O) groups is 1. The van der Waals surface area contributed by atoms with Crippen molar-refractivity contribution in [1.82, 2.24) is 0 Å². The molecule has 0 radical (unpaired) electrons. The van der Waals surface area contributed by atoms with Crippen molar-refractivity contribution in [2.75, 3.05) is 6.61 Å². The molecule has 0 saturated heterocycles. The van der Waals surface area contributed by atoms with Crippen molar-refractivity contribution in [2.24, 2.45) is 0 Å². The highest BCUT2D eigenvalue weighted by atomic mass is 32.1. The van der Waals surface area contributed by atoms with E-state index in [1.165, 1.54) is 11.3 Å². The second-order valence-corrected chi connectivity index (χ2v) is 3.56. The number of hydrogen-bond donors (Lipinski definition) is 1. The van der Waals surface area contributed by atoms with E-state index in [4.69, 9.17) is 5.11 Å². The van der Waals surface area contributed by atoms with Crippen LogP contribution in [-0.2, 0) is 0 Å². The Morgan fingerprint density at radius 3 is 3.00 bits per heavy atom. The number of carbonyl (C=O) groups excluding carboxylic acids is 1. The van der Waals surface area contributed by atoms with Gasteiger partial charge in [-0.3, -0.25) is 4.79 Å². The summed E-state index contributed by atoms with van der Waals surface area (Å²) in [5.74, 6) is 5.86. The Morgan fingerprint density at radius 1 is 1.54 bits per heavy atom. The molecule has 0 saturated carbocycles. The first-order valence-electron chi connectivity index (χ1n) is 4.01. The fourth-order valence-electron chi connectivity index (χ4n) is 0.800. The first kappa shape index (κ1) is 9.97. The van der Waals surface area contributed by atoms with Crippen LogP contribution in [0.3, 0.4) is 0 Å². The topological polar surface area (TPSA) is 37.3 Å². The van der Waals surface area contributed by atoms with Gasteiger partial charge < -0.3 is 5.11 Å². The molecule has 0 amide bonds. The van der Waals surface area contributed by atoms with Crippen LogP contribution in [0.25, 0.3) is 0 Å². The normalized spacial score (nSPS) is 9.00. The molecule has 1 heterocycles. The standard InChI is InChI=1S/C10H10O2S/c11-7-3-1-2-4-9-5-6-10(8-12)13-9/h5-6,8,11H,1,3,7H2. The van der Waals surface area contributed by atoms with Gasteiger partial charge in [0.2, 0.25) is 0 Å². The van der Waals surface area contributed by atoms with E-state index >= 15 is 0 Å². The van der Waals surface area contributed by atoms with Crippen LogP contribution in [0.5, 0.6) is 0 Å². The zero-order chi connectivity index (χ0) is 9.52. The van der Waals surface area contributed by atoms with Crippen LogP contribution >= 0.6 is 11.3 Å². The number of thiophene rings is 1. The lowest BCUT2D eigenvalue weighted by Crippen LogP contribution is -1.78. The van der Waals surface area contributed by atoms with E-state index in [9.17, 15) is 4.79 Å². The number of aldehydes is 1. The molecular formula is C10H10O2S. The number of rotatable bonds is 3. The van der Waals surface area contributed by atoms with Gasteiger partial charge in [-0.2, -0.15) is 0 Å². The van der Waals surface area contributed by atoms with Crippen LogP contribution in [0.2, 0.25) is 0 Å². The maximum absolute atomic E-state index is 10.3. The maximum atomic E-state index is 10.3. The Bertz CT molecular complexity index is 330. The maximum Gasteiger partial charge on any atom is 0.160 e. The molecule has 1 rings (SSSR count). The van der Waals surface area contributed by atoms with Gasteiger partial charge in [0.05, 0.1) is 9.75 Å². The summed E-state index contributed by atoms with van der Waals surface area (Å²) in [5, 5.41) is 8.49. The van der Waals surface area contributed by atoms with Crippen molar-refractivity contribution in [2.45, 2.75) is 12.8 Å². The van der Waals surface area contributed by atoms with Crippen molar-refractivity contribution in [3.8, 4) is 11.8 Å². The zero-order valence-corrected chi connectivity index (χ0v) is 7.93. The van der Waals surface area contributed by atoms with E-state index in [0.29, 0.717) is 17.7 Å². The number of hydrogen-bond acceptors (Lipinski definition) is 3. The van der Waals surface area contributed by atoms with Crippen molar-refractivity contribution in [3.63, 3.8) is 0 Å². The molecule has 0 aliphatic rings.